The molecule has 0 spiro atoms. The summed E-state index contributed by atoms with van der Waals surface area (Å²) in [6, 6.07) is 11.2. The first-order valence-corrected chi connectivity index (χ1v) is 8.16. The Hall–Kier alpha value is -1.87. The molecule has 3 rings (SSSR count). The number of nitrogens with zero attached hydrogens (tertiary/aromatic N) is 1. The lowest BCUT2D eigenvalue weighted by atomic mass is 10.0. The lowest BCUT2D eigenvalue weighted by Crippen LogP contribution is -2.28. The Labute approximate surface area is 132 Å². The van der Waals surface area contributed by atoms with Gasteiger partial charge in [-0.1, -0.05) is 24.3 Å². The van der Waals surface area contributed by atoms with Crippen molar-refractivity contribution in [2.24, 2.45) is 0 Å². The number of nitrogens with one attached hydrogen (secondary N) is 1. The Balaban J connectivity index is 1.55. The Kier molecular flexibility index (Phi) is 5.07. The molecule has 1 aromatic heterocycles. The number of hydrogen-bond acceptors (Lipinski definition) is 3. The zero-order chi connectivity index (χ0) is 15.2. The lowest BCUT2D eigenvalue weighted by molar-refractivity contribution is 0.276. The highest BCUT2D eigenvalue weighted by Gasteiger charge is 2.14. The number of aryl methyl sites for hydroxylation is 3. The van der Waals surface area contributed by atoms with Gasteiger partial charge in [-0.15, -0.1) is 0 Å². The van der Waals surface area contributed by atoms with Crippen LogP contribution in [-0.2, 0) is 12.8 Å². The molecular formula is C19H24N2O. The van der Waals surface area contributed by atoms with Gasteiger partial charge >= 0.3 is 0 Å². The zero-order valence-corrected chi connectivity index (χ0v) is 13.2. The second-order valence-electron chi connectivity index (χ2n) is 6.06. The van der Waals surface area contributed by atoms with E-state index in [-0.39, 0.29) is 0 Å². The average Bonchev–Trinajstić information content (AvgIpc) is 3.06. The van der Waals surface area contributed by atoms with Crippen molar-refractivity contribution in [2.75, 3.05) is 13.2 Å². The highest BCUT2D eigenvalue weighted by molar-refractivity contribution is 5.28. The van der Waals surface area contributed by atoms with E-state index in [0.29, 0.717) is 6.04 Å². The number of aromatic nitrogens is 1. The molecule has 1 aromatic carbocycles. The van der Waals surface area contributed by atoms with E-state index in [4.69, 9.17) is 4.74 Å². The molecule has 0 unspecified atom stereocenters. The molecule has 3 nitrogen and oxygen atoms in total. The molecule has 0 amide bonds. The van der Waals surface area contributed by atoms with Gasteiger partial charge in [-0.3, -0.25) is 4.98 Å². The number of rotatable bonds is 6. The summed E-state index contributed by atoms with van der Waals surface area (Å²) in [5.74, 6) is 0.885. The third-order valence-corrected chi connectivity index (χ3v) is 4.33. The van der Waals surface area contributed by atoms with Gasteiger partial charge in [0, 0.05) is 12.2 Å². The van der Waals surface area contributed by atoms with Gasteiger partial charge in [0.25, 0.3) is 0 Å². The fraction of sp³-hybridized carbons (Fsp3) is 0.421. The minimum Gasteiger partial charge on any atom is -0.490 e. The number of hydrogen-bond donors (Lipinski definition) is 1. The van der Waals surface area contributed by atoms with Crippen LogP contribution >= 0.6 is 0 Å². The summed E-state index contributed by atoms with van der Waals surface area (Å²) >= 11 is 0. The minimum atomic E-state index is 0.496. The molecule has 1 aliphatic heterocycles. The van der Waals surface area contributed by atoms with Crippen LogP contribution in [0.1, 0.15) is 29.5 Å². The molecule has 3 heteroatoms. The molecule has 22 heavy (non-hydrogen) atoms. The maximum absolute atomic E-state index is 5.88. The SMILES string of the molecule is Cc1ccccc1CCc1cncc(OC[C@@H]2CCCN2)c1. The molecule has 1 aliphatic rings. The Bertz CT molecular complexity index is 606. The summed E-state index contributed by atoms with van der Waals surface area (Å²) in [5, 5.41) is 3.45. The molecule has 0 bridgehead atoms. The Morgan fingerprint density at radius 3 is 2.95 bits per heavy atom. The monoisotopic (exact) mass is 296 g/mol. The molecule has 0 aliphatic carbocycles. The lowest BCUT2D eigenvalue weighted by Gasteiger charge is -2.12. The summed E-state index contributed by atoms with van der Waals surface area (Å²) in [6.45, 7) is 4.02. The van der Waals surface area contributed by atoms with Crippen LogP contribution in [0.3, 0.4) is 0 Å². The molecule has 116 valence electrons. The van der Waals surface area contributed by atoms with Gasteiger partial charge in [-0.05, 0) is 61.9 Å². The van der Waals surface area contributed by atoms with Gasteiger partial charge in [-0.25, -0.2) is 0 Å². The first kappa shape index (κ1) is 15.0. The van der Waals surface area contributed by atoms with Gasteiger partial charge < -0.3 is 10.1 Å². The molecule has 2 heterocycles. The van der Waals surface area contributed by atoms with Crippen LogP contribution in [0.25, 0.3) is 0 Å². The van der Waals surface area contributed by atoms with E-state index >= 15 is 0 Å². The van der Waals surface area contributed by atoms with E-state index in [1.807, 2.05) is 12.4 Å². The smallest absolute Gasteiger partial charge is 0.137 e. The van der Waals surface area contributed by atoms with Crippen molar-refractivity contribution in [1.29, 1.82) is 0 Å². The average molecular weight is 296 g/mol. The van der Waals surface area contributed by atoms with Crippen LogP contribution in [0.5, 0.6) is 5.75 Å². The summed E-state index contributed by atoms with van der Waals surface area (Å²) < 4.78 is 5.88. The van der Waals surface area contributed by atoms with E-state index in [1.165, 1.54) is 29.5 Å². The summed E-state index contributed by atoms with van der Waals surface area (Å²) in [5.41, 5.74) is 4.00. The van der Waals surface area contributed by atoms with Crippen LogP contribution in [0.15, 0.2) is 42.7 Å². The summed E-state index contributed by atoms with van der Waals surface area (Å²) in [7, 11) is 0. The largest absolute Gasteiger partial charge is 0.490 e. The first-order valence-electron chi connectivity index (χ1n) is 8.16. The second-order valence-corrected chi connectivity index (χ2v) is 6.06. The number of pyridine rings is 1. The van der Waals surface area contributed by atoms with Crippen molar-refractivity contribution in [2.45, 2.75) is 38.6 Å². The van der Waals surface area contributed by atoms with Crippen molar-refractivity contribution in [3.8, 4) is 5.75 Å². The molecule has 0 saturated carbocycles. The summed E-state index contributed by atoms with van der Waals surface area (Å²) in [6.07, 6.45) is 8.26. The fourth-order valence-electron chi connectivity index (χ4n) is 2.94. The molecule has 0 radical (unpaired) electrons. The molecular weight excluding hydrogens is 272 g/mol. The van der Waals surface area contributed by atoms with E-state index < -0.39 is 0 Å². The highest BCUT2D eigenvalue weighted by Crippen LogP contribution is 2.16. The van der Waals surface area contributed by atoms with E-state index in [1.54, 1.807) is 0 Å². The molecule has 1 saturated heterocycles. The van der Waals surface area contributed by atoms with Gasteiger partial charge in [0.1, 0.15) is 12.4 Å². The molecule has 1 atom stereocenters. The van der Waals surface area contributed by atoms with Crippen molar-refractivity contribution in [3.63, 3.8) is 0 Å². The third-order valence-electron chi connectivity index (χ3n) is 4.33. The predicted octanol–water partition coefficient (Wildman–Crippen LogP) is 3.31. The van der Waals surface area contributed by atoms with E-state index in [2.05, 4.69) is 47.6 Å². The number of ether oxygens (including phenoxy) is 1. The van der Waals surface area contributed by atoms with Gasteiger partial charge in [0.05, 0.1) is 6.20 Å². The normalized spacial score (nSPS) is 17.6. The standard InChI is InChI=1S/C19H24N2O/c1-15-5-2-3-6-17(15)9-8-16-11-19(13-20-12-16)22-14-18-7-4-10-21-18/h2-3,5-6,11-13,18,21H,4,7-10,14H2,1H3/t18-/m0/s1. The number of benzene rings is 1. The molecule has 1 fully saturated rings. The quantitative estimate of drug-likeness (QED) is 0.888. The topological polar surface area (TPSA) is 34.1 Å². The zero-order valence-electron chi connectivity index (χ0n) is 13.2. The van der Waals surface area contributed by atoms with Crippen molar-refractivity contribution in [1.82, 2.24) is 10.3 Å². The maximum Gasteiger partial charge on any atom is 0.137 e. The molecule has 1 N–H and O–H groups in total. The van der Waals surface area contributed by atoms with Crippen molar-refractivity contribution in [3.05, 3.63) is 59.4 Å². The maximum atomic E-state index is 5.88. The molecule has 2 aromatic rings. The van der Waals surface area contributed by atoms with Crippen molar-refractivity contribution >= 4 is 0 Å². The fourth-order valence-corrected chi connectivity index (χ4v) is 2.94. The van der Waals surface area contributed by atoms with Crippen molar-refractivity contribution < 1.29 is 4.74 Å². The van der Waals surface area contributed by atoms with Gasteiger partial charge in [-0.2, -0.15) is 0 Å². The van der Waals surface area contributed by atoms with E-state index in [9.17, 15) is 0 Å². The van der Waals surface area contributed by atoms with Crippen LogP contribution in [-0.4, -0.2) is 24.2 Å². The van der Waals surface area contributed by atoms with Crippen LogP contribution in [0.2, 0.25) is 0 Å². The minimum absolute atomic E-state index is 0.496. The summed E-state index contributed by atoms with van der Waals surface area (Å²) in [4.78, 5) is 4.32. The van der Waals surface area contributed by atoms with Gasteiger partial charge in [0.2, 0.25) is 0 Å². The van der Waals surface area contributed by atoms with Crippen LogP contribution in [0.4, 0.5) is 0 Å². The van der Waals surface area contributed by atoms with E-state index in [0.717, 1.165) is 31.7 Å². The third kappa shape index (κ3) is 4.08. The van der Waals surface area contributed by atoms with Crippen LogP contribution < -0.4 is 10.1 Å². The highest BCUT2D eigenvalue weighted by atomic mass is 16.5. The predicted molar refractivity (Wildman–Crippen MR) is 89.3 cm³/mol. The first-order chi connectivity index (χ1) is 10.8. The second kappa shape index (κ2) is 7.41. The van der Waals surface area contributed by atoms with Gasteiger partial charge in [0.15, 0.2) is 0 Å². The Morgan fingerprint density at radius 2 is 2.14 bits per heavy atom. The van der Waals surface area contributed by atoms with Crippen LogP contribution in [0, 0.1) is 6.92 Å². The Morgan fingerprint density at radius 1 is 1.23 bits per heavy atom.